The largest absolute Gasteiger partial charge is 0.407 e. The summed E-state index contributed by atoms with van der Waals surface area (Å²) in [6, 6.07) is 0.466. The van der Waals surface area contributed by atoms with Crippen LogP contribution in [0.5, 0.6) is 0 Å². The van der Waals surface area contributed by atoms with E-state index in [1.807, 2.05) is 0 Å². The molecule has 1 unspecified atom stereocenters. The molecule has 2 nitrogen and oxygen atoms in total. The van der Waals surface area contributed by atoms with Crippen LogP contribution in [0.25, 0.3) is 0 Å². The molecule has 1 heterocycles. The van der Waals surface area contributed by atoms with E-state index in [2.05, 4.69) is 4.98 Å². The highest BCUT2D eigenvalue weighted by molar-refractivity contribution is 6.29. The minimum Gasteiger partial charge on any atom is -0.316 e. The van der Waals surface area contributed by atoms with Gasteiger partial charge in [-0.25, -0.2) is 4.98 Å². The van der Waals surface area contributed by atoms with Gasteiger partial charge in [0, 0.05) is 6.20 Å². The van der Waals surface area contributed by atoms with Crippen molar-refractivity contribution >= 4 is 24.0 Å². The summed E-state index contributed by atoms with van der Waals surface area (Å²) in [5, 5.41) is 0.137. The summed E-state index contributed by atoms with van der Waals surface area (Å²) >= 11 is 5.40. The maximum atomic E-state index is 12.0. The number of nitrogens with zero attached hydrogens (tertiary/aromatic N) is 1. The first-order chi connectivity index (χ1) is 5.91. The van der Waals surface area contributed by atoms with E-state index in [0.29, 0.717) is 0 Å². The van der Waals surface area contributed by atoms with Crippen molar-refractivity contribution < 1.29 is 13.2 Å². The Labute approximate surface area is 89.7 Å². The molecule has 0 bridgehead atoms. The smallest absolute Gasteiger partial charge is 0.316 e. The Hall–Kier alpha value is -0.520. The Kier molecular flexibility index (Phi) is 4.64. The van der Waals surface area contributed by atoms with E-state index in [0.717, 1.165) is 6.20 Å². The lowest BCUT2D eigenvalue weighted by Crippen LogP contribution is -2.28. The molecule has 7 heteroatoms. The van der Waals surface area contributed by atoms with Crippen molar-refractivity contribution in [1.82, 2.24) is 4.98 Å². The zero-order valence-electron chi connectivity index (χ0n) is 6.75. The lowest BCUT2D eigenvalue weighted by Gasteiger charge is -2.14. The van der Waals surface area contributed by atoms with Crippen LogP contribution in [0.4, 0.5) is 13.2 Å². The highest BCUT2D eigenvalue weighted by Crippen LogP contribution is 2.30. The van der Waals surface area contributed by atoms with Gasteiger partial charge in [-0.15, -0.1) is 12.4 Å². The molecule has 0 aliphatic rings. The monoisotopic (exact) mass is 246 g/mol. The Morgan fingerprint density at radius 1 is 1.36 bits per heavy atom. The second-order valence-electron chi connectivity index (χ2n) is 2.43. The van der Waals surface area contributed by atoms with E-state index in [1.165, 1.54) is 12.1 Å². The van der Waals surface area contributed by atoms with Gasteiger partial charge < -0.3 is 5.73 Å². The SMILES string of the molecule is Cl.NC(c1ccc(Cl)nc1)C(F)(F)F. The fraction of sp³-hybridized carbons (Fsp3) is 0.286. The number of hydrogen-bond acceptors (Lipinski definition) is 2. The standard InChI is InChI=1S/C7H6ClF3N2.ClH/c8-5-2-1-4(3-13-5)6(12)7(9,10)11;/h1-3,6H,12H2;1H. The molecule has 1 aromatic rings. The molecule has 0 aliphatic carbocycles. The van der Waals surface area contributed by atoms with E-state index in [4.69, 9.17) is 17.3 Å². The number of halogens is 5. The number of pyridine rings is 1. The third kappa shape index (κ3) is 3.32. The maximum Gasteiger partial charge on any atom is 0.407 e. The molecule has 0 saturated carbocycles. The molecular formula is C7H7Cl2F3N2. The van der Waals surface area contributed by atoms with Gasteiger partial charge in [-0.3, -0.25) is 0 Å². The molecule has 1 atom stereocenters. The summed E-state index contributed by atoms with van der Waals surface area (Å²) in [6.45, 7) is 0. The van der Waals surface area contributed by atoms with Crippen LogP contribution in [0.15, 0.2) is 18.3 Å². The van der Waals surface area contributed by atoms with Crippen molar-refractivity contribution in [2.75, 3.05) is 0 Å². The summed E-state index contributed by atoms with van der Waals surface area (Å²) in [5.41, 5.74) is 4.81. The molecule has 0 fully saturated rings. The van der Waals surface area contributed by atoms with Gasteiger partial charge in [0.05, 0.1) is 0 Å². The summed E-state index contributed by atoms with van der Waals surface area (Å²) in [4.78, 5) is 3.50. The van der Waals surface area contributed by atoms with Gasteiger partial charge in [0.15, 0.2) is 0 Å². The fourth-order valence-electron chi connectivity index (χ4n) is 0.760. The molecule has 80 valence electrons. The molecule has 0 amide bonds. The van der Waals surface area contributed by atoms with Crippen molar-refractivity contribution in [3.63, 3.8) is 0 Å². The first kappa shape index (κ1) is 13.5. The average molecular weight is 247 g/mol. The molecule has 0 radical (unpaired) electrons. The highest BCUT2D eigenvalue weighted by atomic mass is 35.5. The first-order valence-electron chi connectivity index (χ1n) is 3.35. The zero-order valence-corrected chi connectivity index (χ0v) is 8.33. The second kappa shape index (κ2) is 4.82. The van der Waals surface area contributed by atoms with E-state index in [1.54, 1.807) is 0 Å². The molecule has 2 N–H and O–H groups in total. The molecule has 0 aromatic carbocycles. The lowest BCUT2D eigenvalue weighted by molar-refractivity contribution is -0.149. The van der Waals surface area contributed by atoms with Gasteiger partial charge in [0.2, 0.25) is 0 Å². The fourth-order valence-corrected chi connectivity index (χ4v) is 0.872. The van der Waals surface area contributed by atoms with Gasteiger partial charge in [0.1, 0.15) is 11.2 Å². The molecule has 1 rings (SSSR count). The first-order valence-corrected chi connectivity index (χ1v) is 3.73. The summed E-state index contributed by atoms with van der Waals surface area (Å²) in [5.74, 6) is 0. The van der Waals surface area contributed by atoms with Crippen molar-refractivity contribution in [2.45, 2.75) is 12.2 Å². The Morgan fingerprint density at radius 2 is 1.93 bits per heavy atom. The van der Waals surface area contributed by atoms with Crippen molar-refractivity contribution in [3.05, 3.63) is 29.0 Å². The number of aromatic nitrogens is 1. The van der Waals surface area contributed by atoms with Gasteiger partial charge in [0.25, 0.3) is 0 Å². The number of nitrogens with two attached hydrogens (primary N) is 1. The third-order valence-corrected chi connectivity index (χ3v) is 1.69. The van der Waals surface area contributed by atoms with Crippen molar-refractivity contribution in [3.8, 4) is 0 Å². The number of hydrogen-bond donors (Lipinski definition) is 1. The molecule has 0 saturated heterocycles. The van der Waals surface area contributed by atoms with Crippen molar-refractivity contribution in [2.24, 2.45) is 5.73 Å². The van der Waals surface area contributed by atoms with Crippen LogP contribution in [0.3, 0.4) is 0 Å². The van der Waals surface area contributed by atoms with Gasteiger partial charge >= 0.3 is 6.18 Å². The van der Waals surface area contributed by atoms with Crippen LogP contribution >= 0.6 is 24.0 Å². The predicted octanol–water partition coefficient (Wildman–Crippen LogP) is 2.72. The topological polar surface area (TPSA) is 38.9 Å². The Bertz CT molecular complexity index is 286. The maximum absolute atomic E-state index is 12.0. The molecular weight excluding hydrogens is 240 g/mol. The summed E-state index contributed by atoms with van der Waals surface area (Å²) in [6.07, 6.45) is -3.43. The van der Waals surface area contributed by atoms with E-state index in [-0.39, 0.29) is 23.1 Å². The molecule has 0 aliphatic heterocycles. The zero-order chi connectivity index (χ0) is 10.1. The van der Waals surface area contributed by atoms with Crippen LogP contribution in [-0.4, -0.2) is 11.2 Å². The van der Waals surface area contributed by atoms with E-state index >= 15 is 0 Å². The number of alkyl halides is 3. The van der Waals surface area contributed by atoms with Crippen LogP contribution in [-0.2, 0) is 0 Å². The quantitative estimate of drug-likeness (QED) is 0.775. The normalized spacial score (nSPS) is 13.2. The summed E-state index contributed by atoms with van der Waals surface area (Å²) in [7, 11) is 0. The van der Waals surface area contributed by atoms with Gasteiger partial charge in [-0.2, -0.15) is 13.2 Å². The Balaban J connectivity index is 0.00000169. The molecule has 0 spiro atoms. The predicted molar refractivity (Wildman–Crippen MR) is 49.5 cm³/mol. The highest BCUT2D eigenvalue weighted by Gasteiger charge is 2.37. The van der Waals surface area contributed by atoms with Crippen molar-refractivity contribution in [1.29, 1.82) is 0 Å². The molecule has 14 heavy (non-hydrogen) atoms. The van der Waals surface area contributed by atoms with Crippen LogP contribution in [0.2, 0.25) is 5.15 Å². The van der Waals surface area contributed by atoms with Gasteiger partial charge in [-0.05, 0) is 11.6 Å². The van der Waals surface area contributed by atoms with Crippen LogP contribution in [0, 0.1) is 0 Å². The average Bonchev–Trinajstić information content (AvgIpc) is 2.03. The third-order valence-electron chi connectivity index (χ3n) is 1.46. The minimum absolute atomic E-state index is 0. The Morgan fingerprint density at radius 3 is 2.29 bits per heavy atom. The van der Waals surface area contributed by atoms with Crippen LogP contribution < -0.4 is 5.73 Å². The molecule has 1 aromatic heterocycles. The van der Waals surface area contributed by atoms with Crippen LogP contribution in [0.1, 0.15) is 11.6 Å². The van der Waals surface area contributed by atoms with E-state index < -0.39 is 12.2 Å². The minimum atomic E-state index is -4.45. The van der Waals surface area contributed by atoms with Gasteiger partial charge in [-0.1, -0.05) is 17.7 Å². The summed E-state index contributed by atoms with van der Waals surface area (Å²) < 4.78 is 36.1. The lowest BCUT2D eigenvalue weighted by atomic mass is 10.1. The van der Waals surface area contributed by atoms with E-state index in [9.17, 15) is 13.2 Å². The second-order valence-corrected chi connectivity index (χ2v) is 2.82. The number of rotatable bonds is 1.